The van der Waals surface area contributed by atoms with Gasteiger partial charge in [-0.05, 0) is 19.9 Å². The minimum Gasteiger partial charge on any atom is -0.480 e. The van der Waals surface area contributed by atoms with Crippen molar-refractivity contribution in [1.29, 1.82) is 0 Å². The van der Waals surface area contributed by atoms with Crippen molar-refractivity contribution >= 4 is 12.0 Å². The van der Waals surface area contributed by atoms with Crippen LogP contribution in [0.2, 0.25) is 0 Å². The number of carbonyl (C=O) groups excluding carboxylic acids is 1. The van der Waals surface area contributed by atoms with Gasteiger partial charge < -0.3 is 25.7 Å². The highest BCUT2D eigenvalue weighted by Crippen LogP contribution is 2.21. The first-order valence-corrected chi connectivity index (χ1v) is 6.63. The molecule has 0 aliphatic heterocycles. The Bertz CT molecular complexity index is 305. The molecule has 1 aliphatic carbocycles. The Kier molecular flexibility index (Phi) is 6.58. The van der Waals surface area contributed by atoms with Crippen molar-refractivity contribution in [2.45, 2.75) is 37.8 Å². The van der Waals surface area contributed by atoms with Crippen molar-refractivity contribution in [2.24, 2.45) is 0 Å². The van der Waals surface area contributed by atoms with Crippen molar-refractivity contribution in [1.82, 2.24) is 15.5 Å². The molecule has 0 heterocycles. The minimum absolute atomic E-state index is 0.455. The summed E-state index contributed by atoms with van der Waals surface area (Å²) < 4.78 is 0. The summed E-state index contributed by atoms with van der Waals surface area (Å²) in [6.45, 7) is 0.566. The molecule has 0 aromatic carbocycles. The molecule has 0 unspecified atom stereocenters. The number of hydrogen-bond donors (Lipinski definition) is 4. The van der Waals surface area contributed by atoms with Crippen molar-refractivity contribution in [2.75, 3.05) is 26.7 Å². The molecule has 1 saturated carbocycles. The van der Waals surface area contributed by atoms with E-state index in [2.05, 4.69) is 15.5 Å². The molecule has 0 saturated heterocycles. The number of carboxylic acids is 1. The van der Waals surface area contributed by atoms with Crippen LogP contribution < -0.4 is 10.6 Å². The smallest absolute Gasteiger partial charge is 0.328 e. The first kappa shape index (κ1) is 15.7. The Morgan fingerprint density at radius 1 is 1.37 bits per heavy atom. The van der Waals surface area contributed by atoms with Gasteiger partial charge >= 0.3 is 12.0 Å². The van der Waals surface area contributed by atoms with Gasteiger partial charge in [-0.25, -0.2) is 9.59 Å². The zero-order valence-corrected chi connectivity index (χ0v) is 11.3. The van der Waals surface area contributed by atoms with E-state index in [1.165, 1.54) is 25.7 Å². The molecule has 0 bridgehead atoms. The predicted molar refractivity (Wildman–Crippen MR) is 69.9 cm³/mol. The van der Waals surface area contributed by atoms with E-state index in [0.29, 0.717) is 12.6 Å². The number of aliphatic carboxylic acids is 1. The van der Waals surface area contributed by atoms with E-state index in [-0.39, 0.29) is 0 Å². The van der Waals surface area contributed by atoms with E-state index in [1.807, 2.05) is 7.05 Å². The largest absolute Gasteiger partial charge is 0.480 e. The molecule has 1 atom stereocenters. The zero-order chi connectivity index (χ0) is 14.3. The molecule has 1 fully saturated rings. The van der Waals surface area contributed by atoms with E-state index in [1.54, 1.807) is 0 Å². The maximum absolute atomic E-state index is 11.4. The predicted octanol–water partition coefficient (Wildman–Crippen LogP) is -0.394. The number of amides is 2. The Balaban J connectivity index is 2.17. The lowest BCUT2D eigenvalue weighted by molar-refractivity contribution is -0.140. The molecular weight excluding hydrogens is 250 g/mol. The van der Waals surface area contributed by atoms with E-state index in [9.17, 15) is 9.59 Å². The van der Waals surface area contributed by atoms with Crippen molar-refractivity contribution in [3.63, 3.8) is 0 Å². The third-order valence-corrected chi connectivity index (χ3v) is 3.48. The van der Waals surface area contributed by atoms with Crippen LogP contribution in [-0.4, -0.2) is 65.9 Å². The Morgan fingerprint density at radius 2 is 2.00 bits per heavy atom. The van der Waals surface area contributed by atoms with Crippen LogP contribution in [0.4, 0.5) is 4.79 Å². The summed E-state index contributed by atoms with van der Waals surface area (Å²) in [6.07, 6.45) is 4.93. The van der Waals surface area contributed by atoms with Crippen LogP contribution >= 0.6 is 0 Å². The first-order chi connectivity index (χ1) is 9.04. The summed E-state index contributed by atoms with van der Waals surface area (Å²) in [5.74, 6) is -1.25. The van der Waals surface area contributed by atoms with Gasteiger partial charge in [-0.15, -0.1) is 0 Å². The number of nitrogens with zero attached hydrogens (tertiary/aromatic N) is 1. The topological polar surface area (TPSA) is 102 Å². The Morgan fingerprint density at radius 3 is 2.53 bits per heavy atom. The first-order valence-electron chi connectivity index (χ1n) is 6.63. The van der Waals surface area contributed by atoms with Crippen molar-refractivity contribution < 1.29 is 19.8 Å². The monoisotopic (exact) mass is 273 g/mol. The van der Waals surface area contributed by atoms with Gasteiger partial charge in [0.25, 0.3) is 0 Å². The fourth-order valence-corrected chi connectivity index (χ4v) is 2.27. The second-order valence-corrected chi connectivity index (χ2v) is 4.89. The van der Waals surface area contributed by atoms with Crippen LogP contribution in [0.1, 0.15) is 25.7 Å². The van der Waals surface area contributed by atoms with Gasteiger partial charge in [-0.3, -0.25) is 0 Å². The molecule has 0 aromatic heterocycles. The number of hydrogen-bond acceptors (Lipinski definition) is 4. The molecule has 2 amide bonds. The molecule has 110 valence electrons. The highest BCUT2D eigenvalue weighted by molar-refractivity contribution is 5.82. The molecule has 7 nitrogen and oxygen atoms in total. The summed E-state index contributed by atoms with van der Waals surface area (Å²) in [6, 6.07) is -1.23. The quantitative estimate of drug-likeness (QED) is 0.506. The third-order valence-electron chi connectivity index (χ3n) is 3.48. The lowest BCUT2D eigenvalue weighted by Gasteiger charge is -2.24. The summed E-state index contributed by atoms with van der Waals surface area (Å²) in [4.78, 5) is 24.2. The molecule has 0 spiro atoms. The van der Waals surface area contributed by atoms with Crippen LogP contribution in [0.25, 0.3) is 0 Å². The molecule has 0 aromatic rings. The average molecular weight is 273 g/mol. The fourth-order valence-electron chi connectivity index (χ4n) is 2.27. The van der Waals surface area contributed by atoms with Gasteiger partial charge in [-0.1, -0.05) is 12.8 Å². The maximum atomic E-state index is 11.4. The second kappa shape index (κ2) is 7.96. The number of carboxylic acid groups (broad SMARTS) is 1. The van der Waals surface area contributed by atoms with Gasteiger partial charge in [-0.2, -0.15) is 0 Å². The van der Waals surface area contributed by atoms with Gasteiger partial charge in [0.2, 0.25) is 0 Å². The number of aliphatic hydroxyl groups is 1. The normalized spacial score (nSPS) is 17.4. The maximum Gasteiger partial charge on any atom is 0.328 e. The second-order valence-electron chi connectivity index (χ2n) is 4.89. The van der Waals surface area contributed by atoms with Gasteiger partial charge in [0, 0.05) is 19.1 Å². The van der Waals surface area contributed by atoms with Crippen molar-refractivity contribution in [3.8, 4) is 0 Å². The van der Waals surface area contributed by atoms with Gasteiger partial charge in [0.05, 0.1) is 6.61 Å². The van der Waals surface area contributed by atoms with E-state index in [0.717, 1.165) is 6.54 Å². The number of aliphatic hydroxyl groups excluding tert-OH is 1. The Hall–Kier alpha value is -1.34. The average Bonchev–Trinajstić information content (AvgIpc) is 2.89. The highest BCUT2D eigenvalue weighted by Gasteiger charge is 2.20. The zero-order valence-electron chi connectivity index (χ0n) is 11.3. The van der Waals surface area contributed by atoms with Gasteiger partial charge in [0.15, 0.2) is 6.04 Å². The third kappa shape index (κ3) is 5.44. The number of carbonyl (C=O) groups is 2. The van der Waals surface area contributed by atoms with E-state index < -0.39 is 24.6 Å². The van der Waals surface area contributed by atoms with Gasteiger partial charge in [0.1, 0.15) is 0 Å². The van der Waals surface area contributed by atoms with E-state index in [4.69, 9.17) is 10.2 Å². The van der Waals surface area contributed by atoms with Crippen LogP contribution in [0.15, 0.2) is 0 Å². The minimum atomic E-state index is -1.26. The molecule has 4 N–H and O–H groups in total. The molecule has 19 heavy (non-hydrogen) atoms. The SMILES string of the molecule is CN(CCNC(=O)N[C@@H](CO)C(=O)O)C1CCCC1. The van der Waals surface area contributed by atoms with Crippen LogP contribution in [-0.2, 0) is 4.79 Å². The standard InChI is InChI=1S/C12H23N3O4/c1-15(9-4-2-3-5-9)7-6-13-12(19)14-10(8-16)11(17)18/h9-10,16H,2-8H2,1H3,(H,17,18)(H2,13,14,19)/t10-/m0/s1. The van der Waals surface area contributed by atoms with E-state index >= 15 is 0 Å². The molecular formula is C12H23N3O4. The summed E-state index contributed by atoms with van der Waals surface area (Å²) in [5.41, 5.74) is 0. The number of urea groups is 1. The summed E-state index contributed by atoms with van der Waals surface area (Å²) in [7, 11) is 2.03. The van der Waals surface area contributed by atoms with Crippen molar-refractivity contribution in [3.05, 3.63) is 0 Å². The molecule has 1 rings (SSSR count). The number of rotatable bonds is 7. The molecule has 0 radical (unpaired) electrons. The lowest BCUT2D eigenvalue weighted by atomic mass is 10.2. The molecule has 1 aliphatic rings. The number of likely N-dealkylation sites (N-methyl/N-ethyl adjacent to an activating group) is 1. The highest BCUT2D eigenvalue weighted by atomic mass is 16.4. The van der Waals surface area contributed by atoms with Crippen LogP contribution in [0.5, 0.6) is 0 Å². The molecule has 7 heteroatoms. The van der Waals surface area contributed by atoms with Crippen LogP contribution in [0.3, 0.4) is 0 Å². The van der Waals surface area contributed by atoms with Crippen LogP contribution in [0, 0.1) is 0 Å². The fraction of sp³-hybridized carbons (Fsp3) is 0.833. The number of nitrogens with one attached hydrogen (secondary N) is 2. The summed E-state index contributed by atoms with van der Waals surface area (Å²) >= 11 is 0. The summed E-state index contributed by atoms with van der Waals surface area (Å²) in [5, 5.41) is 22.2. The Labute approximate surface area is 113 Å². The lowest BCUT2D eigenvalue weighted by Crippen LogP contribution is -2.49.